The van der Waals surface area contributed by atoms with Crippen LogP contribution in [-0.2, 0) is 4.84 Å². The maximum Gasteiger partial charge on any atom is 0.269 e. The Bertz CT molecular complexity index is 96.5. The molecule has 0 bridgehead atoms. The van der Waals surface area contributed by atoms with Crippen molar-refractivity contribution >= 4 is 34.8 Å². The zero-order chi connectivity index (χ0) is 6.91. The van der Waals surface area contributed by atoms with Gasteiger partial charge in [-0.05, 0) is 6.42 Å². The second-order valence-electron chi connectivity index (χ2n) is 1.76. The Kier molecular flexibility index (Phi) is 2.46. The van der Waals surface area contributed by atoms with E-state index < -0.39 is 3.92 Å². The third-order valence-electron chi connectivity index (χ3n) is 1.04. The van der Waals surface area contributed by atoms with Crippen molar-refractivity contribution in [1.82, 2.24) is 5.06 Å². The zero-order valence-corrected chi connectivity index (χ0v) is 6.88. The molecule has 0 radical (unpaired) electrons. The van der Waals surface area contributed by atoms with Crippen molar-refractivity contribution in [3.05, 3.63) is 0 Å². The molecule has 9 heavy (non-hydrogen) atoms. The highest BCUT2D eigenvalue weighted by molar-refractivity contribution is 6.67. The molecule has 1 aliphatic rings. The summed E-state index contributed by atoms with van der Waals surface area (Å²) in [5.41, 5.74) is 0. The summed E-state index contributed by atoms with van der Waals surface area (Å²) < 4.78 is -1.39. The quantitative estimate of drug-likeness (QED) is 0.428. The van der Waals surface area contributed by atoms with Gasteiger partial charge in [0.15, 0.2) is 0 Å². The molecule has 0 unspecified atom stereocenters. The van der Waals surface area contributed by atoms with Gasteiger partial charge < -0.3 is 0 Å². The smallest absolute Gasteiger partial charge is 0.269 e. The fourth-order valence-corrected chi connectivity index (χ4v) is 1.05. The van der Waals surface area contributed by atoms with Gasteiger partial charge >= 0.3 is 0 Å². The molecular formula is C4H6Cl3NO. The van der Waals surface area contributed by atoms with Gasteiger partial charge in [0.25, 0.3) is 3.92 Å². The highest BCUT2D eigenvalue weighted by Crippen LogP contribution is 2.32. The molecule has 0 saturated carbocycles. The van der Waals surface area contributed by atoms with Crippen molar-refractivity contribution in [2.45, 2.75) is 10.3 Å². The lowest BCUT2D eigenvalue weighted by Crippen LogP contribution is -2.30. The Morgan fingerprint density at radius 3 is 2.22 bits per heavy atom. The summed E-state index contributed by atoms with van der Waals surface area (Å²) in [5.74, 6) is 0. The molecule has 1 aliphatic heterocycles. The van der Waals surface area contributed by atoms with E-state index in [1.807, 2.05) is 0 Å². The van der Waals surface area contributed by atoms with Crippen LogP contribution in [-0.4, -0.2) is 22.1 Å². The lowest BCUT2D eigenvalue weighted by Gasteiger charge is -2.21. The average molecular weight is 190 g/mol. The van der Waals surface area contributed by atoms with Gasteiger partial charge in [-0.1, -0.05) is 34.8 Å². The van der Waals surface area contributed by atoms with Gasteiger partial charge in [0.1, 0.15) is 0 Å². The monoisotopic (exact) mass is 189 g/mol. The molecule has 1 saturated heterocycles. The molecule has 1 heterocycles. The van der Waals surface area contributed by atoms with Gasteiger partial charge in [0, 0.05) is 6.54 Å². The molecule has 2 nitrogen and oxygen atoms in total. The normalized spacial score (nSPS) is 23.0. The summed E-state index contributed by atoms with van der Waals surface area (Å²) in [7, 11) is 0. The fourth-order valence-electron chi connectivity index (χ4n) is 0.647. The second-order valence-corrected chi connectivity index (χ2v) is 3.98. The number of halogens is 3. The molecular weight excluding hydrogens is 184 g/mol. The predicted molar refractivity (Wildman–Crippen MR) is 37.6 cm³/mol. The van der Waals surface area contributed by atoms with E-state index in [0.717, 1.165) is 6.42 Å². The molecule has 0 aromatic rings. The van der Waals surface area contributed by atoms with Gasteiger partial charge in [0.05, 0.1) is 6.61 Å². The predicted octanol–water partition coefficient (Wildman–Crippen LogP) is 1.95. The third kappa shape index (κ3) is 2.13. The largest absolute Gasteiger partial charge is 0.295 e. The first-order chi connectivity index (χ1) is 4.11. The van der Waals surface area contributed by atoms with Crippen LogP contribution in [0.2, 0.25) is 0 Å². The van der Waals surface area contributed by atoms with Crippen LogP contribution in [0.1, 0.15) is 6.42 Å². The lowest BCUT2D eigenvalue weighted by atomic mass is 10.5. The van der Waals surface area contributed by atoms with Crippen molar-refractivity contribution < 1.29 is 4.84 Å². The van der Waals surface area contributed by atoms with Gasteiger partial charge in [-0.25, -0.2) is 0 Å². The van der Waals surface area contributed by atoms with Crippen LogP contribution < -0.4 is 0 Å². The number of hydroxylamine groups is 2. The second kappa shape index (κ2) is 2.81. The molecule has 0 amide bonds. The van der Waals surface area contributed by atoms with E-state index in [-0.39, 0.29) is 0 Å². The molecule has 0 aromatic heterocycles. The van der Waals surface area contributed by atoms with Crippen molar-refractivity contribution in [2.24, 2.45) is 0 Å². The maximum absolute atomic E-state index is 5.47. The van der Waals surface area contributed by atoms with E-state index in [2.05, 4.69) is 0 Å². The number of rotatable bonds is 0. The van der Waals surface area contributed by atoms with E-state index in [0.29, 0.717) is 13.2 Å². The van der Waals surface area contributed by atoms with Crippen LogP contribution in [0, 0.1) is 0 Å². The summed E-state index contributed by atoms with van der Waals surface area (Å²) in [5, 5.41) is 1.34. The van der Waals surface area contributed by atoms with Crippen LogP contribution in [0.5, 0.6) is 0 Å². The minimum absolute atomic E-state index is 0.647. The van der Waals surface area contributed by atoms with Crippen LogP contribution in [0.15, 0.2) is 0 Å². The van der Waals surface area contributed by atoms with Crippen molar-refractivity contribution in [2.75, 3.05) is 13.2 Å². The zero-order valence-electron chi connectivity index (χ0n) is 4.61. The number of hydrogen-bond donors (Lipinski definition) is 0. The summed E-state index contributed by atoms with van der Waals surface area (Å²) >= 11 is 16.4. The molecule has 0 aliphatic carbocycles. The number of nitrogens with zero attached hydrogens (tertiary/aromatic N) is 1. The molecule has 5 heteroatoms. The minimum atomic E-state index is -1.39. The van der Waals surface area contributed by atoms with E-state index >= 15 is 0 Å². The first kappa shape index (κ1) is 7.89. The Balaban J connectivity index is 2.42. The third-order valence-corrected chi connectivity index (χ3v) is 1.60. The van der Waals surface area contributed by atoms with Gasteiger partial charge in [-0.2, -0.15) is 0 Å². The molecule has 54 valence electrons. The summed E-state index contributed by atoms with van der Waals surface area (Å²) in [6, 6.07) is 0. The molecule has 0 aromatic carbocycles. The van der Waals surface area contributed by atoms with Gasteiger partial charge in [0.2, 0.25) is 0 Å². The Morgan fingerprint density at radius 2 is 2.00 bits per heavy atom. The first-order valence-corrected chi connectivity index (χ1v) is 3.71. The molecule has 0 N–H and O–H groups in total. The summed E-state index contributed by atoms with van der Waals surface area (Å²) in [6.45, 7) is 1.34. The summed E-state index contributed by atoms with van der Waals surface area (Å²) in [4.78, 5) is 4.95. The van der Waals surface area contributed by atoms with Gasteiger partial charge in [-0.3, -0.25) is 4.84 Å². The van der Waals surface area contributed by atoms with Crippen molar-refractivity contribution in [1.29, 1.82) is 0 Å². The number of alkyl halides is 3. The molecule has 1 fully saturated rings. The van der Waals surface area contributed by atoms with E-state index in [4.69, 9.17) is 39.6 Å². The van der Waals surface area contributed by atoms with Crippen LogP contribution in [0.3, 0.4) is 0 Å². The van der Waals surface area contributed by atoms with E-state index in [9.17, 15) is 0 Å². The lowest BCUT2D eigenvalue weighted by molar-refractivity contribution is -0.114. The summed E-state index contributed by atoms with van der Waals surface area (Å²) in [6.07, 6.45) is 0.925. The van der Waals surface area contributed by atoms with Gasteiger partial charge in [-0.15, -0.1) is 5.06 Å². The average Bonchev–Trinajstić information content (AvgIpc) is 2.08. The molecule has 0 spiro atoms. The van der Waals surface area contributed by atoms with Crippen LogP contribution in [0.25, 0.3) is 0 Å². The minimum Gasteiger partial charge on any atom is -0.295 e. The van der Waals surface area contributed by atoms with Crippen LogP contribution >= 0.6 is 34.8 Å². The Labute approximate surface area is 68.6 Å². The SMILES string of the molecule is ClC(Cl)(Cl)N1CCCO1. The first-order valence-electron chi connectivity index (χ1n) is 2.58. The van der Waals surface area contributed by atoms with E-state index in [1.54, 1.807) is 0 Å². The fraction of sp³-hybridized carbons (Fsp3) is 1.00. The topological polar surface area (TPSA) is 12.5 Å². The van der Waals surface area contributed by atoms with Crippen LogP contribution in [0.4, 0.5) is 0 Å². The molecule has 1 rings (SSSR count). The number of hydrogen-bond acceptors (Lipinski definition) is 2. The Hall–Kier alpha value is 0.790. The van der Waals surface area contributed by atoms with Crippen molar-refractivity contribution in [3.8, 4) is 0 Å². The van der Waals surface area contributed by atoms with Crippen molar-refractivity contribution in [3.63, 3.8) is 0 Å². The molecule has 0 atom stereocenters. The maximum atomic E-state index is 5.47. The Morgan fingerprint density at radius 1 is 1.33 bits per heavy atom. The highest BCUT2D eigenvalue weighted by atomic mass is 35.6. The standard InChI is InChI=1S/C4H6Cl3NO/c5-4(6,7)8-2-1-3-9-8/h1-3H2. The highest BCUT2D eigenvalue weighted by Gasteiger charge is 2.32. The van der Waals surface area contributed by atoms with E-state index in [1.165, 1.54) is 5.06 Å².